The van der Waals surface area contributed by atoms with Gasteiger partial charge in [0.2, 0.25) is 0 Å². The van der Waals surface area contributed by atoms with Crippen molar-refractivity contribution in [2.45, 2.75) is 30.4 Å². The minimum Gasteiger partial charge on any atom is -0.507 e. The van der Waals surface area contributed by atoms with Crippen molar-refractivity contribution in [3.8, 4) is 5.75 Å². The number of rotatable bonds is 10. The van der Waals surface area contributed by atoms with E-state index in [9.17, 15) is 9.90 Å². The van der Waals surface area contributed by atoms with Gasteiger partial charge in [-0.15, -0.1) is 16.8 Å². The third kappa shape index (κ3) is 6.44. The molecule has 1 amide bonds. The summed E-state index contributed by atoms with van der Waals surface area (Å²) in [5, 5.41) is 25.8. The molecule has 3 rings (SSSR count). The van der Waals surface area contributed by atoms with Gasteiger partial charge in [-0.1, -0.05) is 52.0 Å². The normalized spacial score (nSPS) is 11.9. The van der Waals surface area contributed by atoms with Gasteiger partial charge in [0.05, 0.1) is 18.0 Å². The van der Waals surface area contributed by atoms with E-state index in [-0.39, 0.29) is 11.7 Å². The molecule has 10 heteroatoms. The Balaban J connectivity index is 1.61. The highest BCUT2D eigenvalue weighted by Gasteiger charge is 2.19. The van der Waals surface area contributed by atoms with Crippen LogP contribution in [0.15, 0.2) is 75.9 Å². The number of halogens is 1. The number of phenols is 1. The van der Waals surface area contributed by atoms with Crippen LogP contribution < -0.4 is 10.7 Å². The van der Waals surface area contributed by atoms with Gasteiger partial charge >= 0.3 is 0 Å². The quantitative estimate of drug-likeness (QED) is 0.162. The molecular formula is C22H23BrN6O2S. The maximum Gasteiger partial charge on any atom is 0.253 e. The fourth-order valence-corrected chi connectivity index (χ4v) is 3.93. The molecule has 0 spiro atoms. The topological polar surface area (TPSA) is 104 Å². The molecule has 1 aromatic heterocycles. The summed E-state index contributed by atoms with van der Waals surface area (Å²) >= 11 is 4.62. The summed E-state index contributed by atoms with van der Waals surface area (Å²) < 4.78 is 2.71. The van der Waals surface area contributed by atoms with Crippen LogP contribution in [0.4, 0.5) is 5.69 Å². The molecule has 0 radical (unpaired) electrons. The first-order valence-electron chi connectivity index (χ1n) is 9.78. The van der Waals surface area contributed by atoms with Crippen LogP contribution in [-0.4, -0.2) is 37.2 Å². The van der Waals surface area contributed by atoms with Crippen molar-refractivity contribution >= 4 is 45.5 Å². The highest BCUT2D eigenvalue weighted by molar-refractivity contribution is 9.10. The van der Waals surface area contributed by atoms with Crippen molar-refractivity contribution in [2.24, 2.45) is 5.10 Å². The van der Waals surface area contributed by atoms with Gasteiger partial charge in [0.15, 0.2) is 11.0 Å². The number of nitrogens with one attached hydrogen (secondary N) is 2. The molecule has 8 nitrogen and oxygen atoms in total. The second kappa shape index (κ2) is 11.5. The summed E-state index contributed by atoms with van der Waals surface area (Å²) in [5.41, 5.74) is 3.97. The van der Waals surface area contributed by atoms with E-state index in [1.54, 1.807) is 31.2 Å². The number of nitrogens with zero attached hydrogens (tertiary/aromatic N) is 4. The van der Waals surface area contributed by atoms with Gasteiger partial charge in [-0.25, -0.2) is 5.43 Å². The number of carbonyl (C=O) groups excluding carboxylic acids is 1. The number of benzene rings is 2. The summed E-state index contributed by atoms with van der Waals surface area (Å²) in [6.45, 7) is 6.59. The molecule has 0 unspecified atom stereocenters. The highest BCUT2D eigenvalue weighted by atomic mass is 79.9. The van der Waals surface area contributed by atoms with E-state index in [0.29, 0.717) is 23.8 Å². The molecule has 3 N–H and O–H groups in total. The molecule has 166 valence electrons. The van der Waals surface area contributed by atoms with Crippen molar-refractivity contribution in [1.82, 2.24) is 20.2 Å². The van der Waals surface area contributed by atoms with Crippen LogP contribution in [-0.2, 0) is 17.9 Å². The molecule has 0 aliphatic carbocycles. The first-order chi connectivity index (χ1) is 15.5. The van der Waals surface area contributed by atoms with Crippen LogP contribution in [0.5, 0.6) is 5.75 Å². The molecule has 0 saturated carbocycles. The van der Waals surface area contributed by atoms with Crippen molar-refractivity contribution in [2.75, 3.05) is 5.32 Å². The van der Waals surface area contributed by atoms with E-state index in [1.165, 1.54) is 18.0 Å². The Bertz CT molecular complexity index is 1100. The van der Waals surface area contributed by atoms with Gasteiger partial charge in [0.25, 0.3) is 5.91 Å². The molecular weight excluding hydrogens is 492 g/mol. The monoisotopic (exact) mass is 514 g/mol. The lowest BCUT2D eigenvalue weighted by Crippen LogP contribution is -2.27. The Labute approximate surface area is 199 Å². The predicted molar refractivity (Wildman–Crippen MR) is 131 cm³/mol. The standard InChI is InChI=1S/C22H23BrN6O2S/c1-3-11-29-20(14-24-18-7-5-4-6-8-18)26-28-22(29)32-15(2)21(31)27-25-13-16-12-17(23)9-10-19(16)30/h3-10,12-13,15,24,30H,1,11,14H2,2H3,(H,27,31)/b25-13+/t15-/m0/s1. The number of para-hydroxylation sites is 1. The molecule has 2 aromatic carbocycles. The van der Waals surface area contributed by atoms with Crippen molar-refractivity contribution in [3.63, 3.8) is 0 Å². The Hall–Kier alpha value is -3.11. The minimum absolute atomic E-state index is 0.0720. The number of carbonyl (C=O) groups is 1. The second-order valence-electron chi connectivity index (χ2n) is 6.72. The average molecular weight is 515 g/mol. The maximum absolute atomic E-state index is 12.5. The number of hydrogen-bond donors (Lipinski definition) is 3. The molecule has 1 heterocycles. The SMILES string of the molecule is C=CCn1c(CNc2ccccc2)nnc1S[C@@H](C)C(=O)N/N=C/c1cc(Br)ccc1O. The van der Waals surface area contributed by atoms with Crippen molar-refractivity contribution in [3.05, 3.63) is 77.0 Å². The van der Waals surface area contributed by atoms with Crippen LogP contribution in [0.1, 0.15) is 18.3 Å². The first kappa shape index (κ1) is 23.6. The summed E-state index contributed by atoms with van der Waals surface area (Å²) in [4.78, 5) is 12.5. The highest BCUT2D eigenvalue weighted by Crippen LogP contribution is 2.23. The molecule has 32 heavy (non-hydrogen) atoms. The second-order valence-corrected chi connectivity index (χ2v) is 8.94. The molecule has 0 fully saturated rings. The van der Waals surface area contributed by atoms with Crippen LogP contribution >= 0.6 is 27.7 Å². The summed E-state index contributed by atoms with van der Waals surface area (Å²) in [5.74, 6) is 0.521. The van der Waals surface area contributed by atoms with Crippen LogP contribution in [0.2, 0.25) is 0 Å². The number of allylic oxidation sites excluding steroid dienone is 1. The zero-order chi connectivity index (χ0) is 22.9. The van der Waals surface area contributed by atoms with E-state index in [2.05, 4.69) is 48.6 Å². The fraction of sp³-hybridized carbons (Fsp3) is 0.182. The Morgan fingerprint density at radius 3 is 2.84 bits per heavy atom. The number of aromatic hydroxyl groups is 1. The molecule has 0 aliphatic rings. The largest absolute Gasteiger partial charge is 0.507 e. The van der Waals surface area contributed by atoms with E-state index >= 15 is 0 Å². The predicted octanol–water partition coefficient (Wildman–Crippen LogP) is 4.18. The van der Waals surface area contributed by atoms with E-state index in [4.69, 9.17) is 0 Å². The molecule has 1 atom stereocenters. The Morgan fingerprint density at radius 1 is 1.31 bits per heavy atom. The average Bonchev–Trinajstić information content (AvgIpc) is 3.16. The third-order valence-corrected chi connectivity index (χ3v) is 5.92. The number of phenolic OH excluding ortho intramolecular Hbond substituents is 1. The van der Waals surface area contributed by atoms with Gasteiger partial charge in [0, 0.05) is 22.3 Å². The van der Waals surface area contributed by atoms with E-state index < -0.39 is 5.25 Å². The van der Waals surface area contributed by atoms with Crippen LogP contribution in [0.25, 0.3) is 0 Å². The van der Waals surface area contributed by atoms with Crippen molar-refractivity contribution in [1.29, 1.82) is 0 Å². The van der Waals surface area contributed by atoms with Gasteiger partial charge in [-0.3, -0.25) is 4.79 Å². The van der Waals surface area contributed by atoms with Gasteiger partial charge < -0.3 is 15.0 Å². The molecule has 3 aromatic rings. The Kier molecular flexibility index (Phi) is 8.46. The molecule has 0 bridgehead atoms. The minimum atomic E-state index is -0.467. The summed E-state index contributed by atoms with van der Waals surface area (Å²) in [6.07, 6.45) is 3.15. The zero-order valence-corrected chi connectivity index (χ0v) is 19.8. The smallest absolute Gasteiger partial charge is 0.253 e. The van der Waals surface area contributed by atoms with Crippen LogP contribution in [0.3, 0.4) is 0 Å². The number of amides is 1. The van der Waals surface area contributed by atoms with E-state index in [0.717, 1.165) is 16.0 Å². The lowest BCUT2D eigenvalue weighted by Gasteiger charge is -2.12. The lowest BCUT2D eigenvalue weighted by atomic mass is 10.2. The lowest BCUT2D eigenvalue weighted by molar-refractivity contribution is -0.120. The first-order valence-corrected chi connectivity index (χ1v) is 11.4. The van der Waals surface area contributed by atoms with Gasteiger partial charge in [-0.2, -0.15) is 5.10 Å². The fourth-order valence-electron chi connectivity index (χ4n) is 2.68. The molecule has 0 saturated heterocycles. The Morgan fingerprint density at radius 2 is 2.09 bits per heavy atom. The van der Waals surface area contributed by atoms with Gasteiger partial charge in [0.1, 0.15) is 5.75 Å². The maximum atomic E-state index is 12.5. The van der Waals surface area contributed by atoms with Crippen LogP contribution in [0, 0.1) is 0 Å². The summed E-state index contributed by atoms with van der Waals surface area (Å²) in [7, 11) is 0. The summed E-state index contributed by atoms with van der Waals surface area (Å²) in [6, 6.07) is 14.8. The number of anilines is 1. The number of hydrogen-bond acceptors (Lipinski definition) is 7. The third-order valence-electron chi connectivity index (χ3n) is 4.35. The number of aromatic nitrogens is 3. The van der Waals surface area contributed by atoms with E-state index in [1.807, 2.05) is 34.9 Å². The zero-order valence-electron chi connectivity index (χ0n) is 17.4. The molecule has 0 aliphatic heterocycles. The number of thioether (sulfide) groups is 1. The van der Waals surface area contributed by atoms with Crippen molar-refractivity contribution < 1.29 is 9.90 Å². The number of hydrazone groups is 1. The van der Waals surface area contributed by atoms with Gasteiger partial charge in [-0.05, 0) is 37.3 Å².